The van der Waals surface area contributed by atoms with Crippen LogP contribution in [0.5, 0.6) is 5.75 Å². The van der Waals surface area contributed by atoms with Crippen LogP contribution in [0.3, 0.4) is 0 Å². The number of ether oxygens (including phenoxy) is 1. The van der Waals surface area contributed by atoms with Crippen molar-refractivity contribution in [3.8, 4) is 5.75 Å². The van der Waals surface area contributed by atoms with E-state index in [0.717, 1.165) is 18.2 Å². The zero-order valence-corrected chi connectivity index (χ0v) is 17.6. The van der Waals surface area contributed by atoms with Gasteiger partial charge in [-0.05, 0) is 37.8 Å². The molecule has 0 spiro atoms. The van der Waals surface area contributed by atoms with Crippen LogP contribution in [0.2, 0.25) is 0 Å². The van der Waals surface area contributed by atoms with E-state index in [-0.39, 0.29) is 48.1 Å². The molecular weight excluding hydrogens is 359 g/mol. The summed E-state index contributed by atoms with van der Waals surface area (Å²) in [5, 5.41) is 15.1. The number of carboxylic acid groups (broad SMARTS) is 1. The van der Waals surface area contributed by atoms with E-state index in [1.165, 1.54) is 0 Å². The number of carbonyl (C=O) groups excluding carboxylic acids is 2. The first kappa shape index (κ1) is 20.2. The molecule has 8 heteroatoms. The van der Waals surface area contributed by atoms with Crippen LogP contribution in [0.4, 0.5) is 0 Å². The number of carboxylic acids is 1. The molecule has 1 N–H and O–H groups in total. The van der Waals surface area contributed by atoms with E-state index >= 15 is 0 Å². The van der Waals surface area contributed by atoms with Gasteiger partial charge in [0.1, 0.15) is 5.58 Å². The molecule has 1 amide bonds. The average molecular weight is 380 g/mol. The number of methoxy groups -OCH3 is 1. The van der Waals surface area contributed by atoms with Crippen LogP contribution in [0.1, 0.15) is 31.4 Å². The predicted octanol–water partition coefficient (Wildman–Crippen LogP) is -2.19. The summed E-state index contributed by atoms with van der Waals surface area (Å²) in [6.45, 7) is 0.196. The van der Waals surface area contributed by atoms with Crippen molar-refractivity contribution in [2.24, 2.45) is 0 Å². The van der Waals surface area contributed by atoms with Gasteiger partial charge in [0.2, 0.25) is 5.91 Å². The molecule has 2 fully saturated rings. The Morgan fingerprint density at radius 2 is 1.93 bits per heavy atom. The van der Waals surface area contributed by atoms with Crippen LogP contribution in [0.25, 0.3) is 11.0 Å². The molecule has 4 rings (SSSR count). The van der Waals surface area contributed by atoms with Crippen molar-refractivity contribution in [3.63, 3.8) is 0 Å². The Balaban J connectivity index is 0.00000210. The van der Waals surface area contributed by atoms with E-state index in [0.29, 0.717) is 29.9 Å². The summed E-state index contributed by atoms with van der Waals surface area (Å²) in [6.07, 6.45) is 2.85. The Morgan fingerprint density at radius 3 is 2.59 bits per heavy atom. The summed E-state index contributed by atoms with van der Waals surface area (Å²) in [7, 11) is 1.57. The number of likely N-dealkylation sites (tertiary alicyclic amines) is 1. The first-order valence-corrected chi connectivity index (χ1v) is 8.90. The molecule has 0 radical (unpaired) electrons. The first-order chi connectivity index (χ1) is 12.6. The van der Waals surface area contributed by atoms with E-state index in [1.807, 2.05) is 29.2 Å². The van der Waals surface area contributed by atoms with Crippen molar-refractivity contribution < 1.29 is 53.4 Å². The Kier molecular flexibility index (Phi) is 6.15. The minimum absolute atomic E-state index is 0. The number of fused-ring (bicyclic) bond motifs is 1. The normalized spacial score (nSPS) is 22.4. The molecular formula is C19H21N2NaO5. The fourth-order valence-corrected chi connectivity index (χ4v) is 3.92. The van der Waals surface area contributed by atoms with Gasteiger partial charge in [0.15, 0.2) is 11.5 Å². The third-order valence-corrected chi connectivity index (χ3v) is 5.22. The zero-order valence-electron chi connectivity index (χ0n) is 15.6. The molecule has 1 aliphatic heterocycles. The molecule has 138 valence electrons. The largest absolute Gasteiger partial charge is 1.00 e. The Morgan fingerprint density at radius 1 is 1.22 bits per heavy atom. The van der Waals surface area contributed by atoms with Gasteiger partial charge < -0.3 is 24.4 Å². The second-order valence-corrected chi connectivity index (χ2v) is 6.88. The van der Waals surface area contributed by atoms with Gasteiger partial charge in [0.05, 0.1) is 37.1 Å². The summed E-state index contributed by atoms with van der Waals surface area (Å²) >= 11 is 0. The second-order valence-electron chi connectivity index (χ2n) is 6.88. The number of hydrogen-bond donors (Lipinski definition) is 1. The summed E-state index contributed by atoms with van der Waals surface area (Å²) < 4.78 is 11.2. The minimum atomic E-state index is -1.09. The predicted molar refractivity (Wildman–Crippen MR) is 91.3 cm³/mol. The van der Waals surface area contributed by atoms with Crippen LogP contribution < -0.4 is 44.7 Å². The SMILES string of the molecule is COc1c(CNC(=O)C2CCC(C(=O)[O-])N2C2CC2)oc2ccccc12.[Na+]. The molecule has 7 nitrogen and oxygen atoms in total. The van der Waals surface area contributed by atoms with Gasteiger partial charge >= 0.3 is 29.6 Å². The van der Waals surface area contributed by atoms with Gasteiger partial charge in [0, 0.05) is 6.04 Å². The zero-order chi connectivity index (χ0) is 18.3. The molecule has 1 aromatic carbocycles. The fraction of sp³-hybridized carbons (Fsp3) is 0.474. The van der Waals surface area contributed by atoms with Crippen molar-refractivity contribution in [1.29, 1.82) is 0 Å². The van der Waals surface area contributed by atoms with Crippen LogP contribution in [0, 0.1) is 0 Å². The van der Waals surface area contributed by atoms with E-state index in [2.05, 4.69) is 5.32 Å². The molecule has 1 saturated heterocycles. The second kappa shape index (κ2) is 8.22. The number of hydrogen-bond acceptors (Lipinski definition) is 6. The quantitative estimate of drug-likeness (QED) is 0.572. The number of nitrogens with zero attached hydrogens (tertiary/aromatic N) is 1. The molecule has 2 aliphatic rings. The molecule has 27 heavy (non-hydrogen) atoms. The molecule has 0 bridgehead atoms. The van der Waals surface area contributed by atoms with E-state index < -0.39 is 18.1 Å². The van der Waals surface area contributed by atoms with Crippen LogP contribution in [-0.4, -0.2) is 42.0 Å². The standard InChI is InChI=1S/C19H22N2O5.Na/c1-25-17-12-4-2-3-5-15(12)26-16(17)10-20-18(22)13-8-9-14(19(23)24)21(13)11-6-7-11;/h2-5,11,13-14H,6-10H2,1H3,(H,20,22)(H,23,24);/q;+1/p-1. The molecule has 2 aromatic rings. The Bertz CT molecular complexity index is 848. The number of furan rings is 1. The van der Waals surface area contributed by atoms with Crippen molar-refractivity contribution in [2.75, 3.05) is 7.11 Å². The summed E-state index contributed by atoms with van der Waals surface area (Å²) in [5.41, 5.74) is 0.700. The summed E-state index contributed by atoms with van der Waals surface area (Å²) in [5.74, 6) is -0.109. The Labute approximate surface area is 179 Å². The topological polar surface area (TPSA) is 94.8 Å². The van der Waals surface area contributed by atoms with Gasteiger partial charge in [-0.25, -0.2) is 0 Å². The number of rotatable bonds is 6. The molecule has 1 aliphatic carbocycles. The van der Waals surface area contributed by atoms with Crippen LogP contribution in [0.15, 0.2) is 28.7 Å². The minimum Gasteiger partial charge on any atom is -0.548 e. The first-order valence-electron chi connectivity index (χ1n) is 8.90. The van der Waals surface area contributed by atoms with Gasteiger partial charge in [-0.2, -0.15) is 0 Å². The van der Waals surface area contributed by atoms with Gasteiger partial charge in [-0.1, -0.05) is 12.1 Å². The maximum Gasteiger partial charge on any atom is 1.00 e. The number of nitrogens with one attached hydrogen (secondary N) is 1. The van der Waals surface area contributed by atoms with E-state index in [1.54, 1.807) is 7.11 Å². The third-order valence-electron chi connectivity index (χ3n) is 5.22. The third kappa shape index (κ3) is 3.87. The smallest absolute Gasteiger partial charge is 0.548 e. The molecule has 1 aromatic heterocycles. The van der Waals surface area contributed by atoms with Gasteiger partial charge in [-0.3, -0.25) is 9.69 Å². The van der Waals surface area contributed by atoms with E-state index in [4.69, 9.17) is 9.15 Å². The van der Waals surface area contributed by atoms with E-state index in [9.17, 15) is 14.7 Å². The molecule has 2 atom stereocenters. The number of para-hydroxylation sites is 1. The van der Waals surface area contributed by atoms with Crippen molar-refractivity contribution in [2.45, 2.75) is 50.4 Å². The Hall–Kier alpha value is -1.54. The van der Waals surface area contributed by atoms with Crippen molar-refractivity contribution in [3.05, 3.63) is 30.0 Å². The number of aliphatic carboxylic acids is 1. The van der Waals surface area contributed by atoms with Crippen LogP contribution in [-0.2, 0) is 16.1 Å². The number of amides is 1. The summed E-state index contributed by atoms with van der Waals surface area (Å²) in [6, 6.07) is 6.60. The van der Waals surface area contributed by atoms with Gasteiger partial charge in [0.25, 0.3) is 0 Å². The summed E-state index contributed by atoms with van der Waals surface area (Å²) in [4.78, 5) is 25.9. The molecule has 2 heterocycles. The number of carbonyl (C=O) groups is 2. The van der Waals surface area contributed by atoms with Gasteiger partial charge in [-0.15, -0.1) is 0 Å². The molecule has 2 unspecified atom stereocenters. The maximum atomic E-state index is 12.7. The van der Waals surface area contributed by atoms with Crippen molar-refractivity contribution in [1.82, 2.24) is 10.2 Å². The maximum absolute atomic E-state index is 12.7. The monoisotopic (exact) mass is 380 g/mol. The number of benzene rings is 1. The average Bonchev–Trinajstić information content (AvgIpc) is 3.27. The van der Waals surface area contributed by atoms with Crippen LogP contribution >= 0.6 is 0 Å². The fourth-order valence-electron chi connectivity index (χ4n) is 3.92. The van der Waals surface area contributed by atoms with Crippen molar-refractivity contribution >= 4 is 22.8 Å². The molecule has 1 saturated carbocycles.